The lowest BCUT2D eigenvalue weighted by atomic mass is 9.92. The largest absolute Gasteiger partial charge is 0.252 e. The van der Waals surface area contributed by atoms with Gasteiger partial charge in [-0.15, -0.1) is 0 Å². The van der Waals surface area contributed by atoms with Crippen molar-refractivity contribution in [2.45, 2.75) is 33.1 Å². The molecule has 0 radical (unpaired) electrons. The van der Waals surface area contributed by atoms with Gasteiger partial charge in [-0.3, -0.25) is 0 Å². The molecule has 0 aliphatic heterocycles. The number of nitrogens with zero attached hydrogens (tertiary/aromatic N) is 4. The standard InChI is InChI=1S/C10H14N4/c1-7-12-9-11-6-5-8(10(2,3)4)14(9)13-7/h5-6H,1-4H3/i5D,6D. The first-order chi connectivity index (χ1) is 7.30. The number of hydrogen-bond donors (Lipinski definition) is 0. The Kier molecular flexibility index (Phi) is 1.37. The summed E-state index contributed by atoms with van der Waals surface area (Å²) in [4.78, 5) is 8.07. The van der Waals surface area contributed by atoms with E-state index < -0.39 is 0 Å². The van der Waals surface area contributed by atoms with Crippen molar-refractivity contribution in [3.05, 3.63) is 23.7 Å². The van der Waals surface area contributed by atoms with Crippen LogP contribution in [0.15, 0.2) is 12.2 Å². The summed E-state index contributed by atoms with van der Waals surface area (Å²) in [5, 5.41) is 4.22. The van der Waals surface area contributed by atoms with Gasteiger partial charge in [0.15, 0.2) is 0 Å². The fourth-order valence-corrected chi connectivity index (χ4v) is 1.32. The second-order valence-corrected chi connectivity index (χ2v) is 4.32. The average molecular weight is 192 g/mol. The number of fused-ring (bicyclic) bond motifs is 1. The Bertz CT molecular complexity index is 554. The third-order valence-electron chi connectivity index (χ3n) is 1.95. The van der Waals surface area contributed by atoms with Crippen molar-refractivity contribution in [2.24, 2.45) is 0 Å². The van der Waals surface area contributed by atoms with Crippen molar-refractivity contribution < 1.29 is 2.74 Å². The lowest BCUT2D eigenvalue weighted by molar-refractivity contribution is 0.545. The summed E-state index contributed by atoms with van der Waals surface area (Å²) in [6.45, 7) is 7.72. The van der Waals surface area contributed by atoms with Gasteiger partial charge >= 0.3 is 0 Å². The Hall–Kier alpha value is -1.45. The summed E-state index contributed by atoms with van der Waals surface area (Å²) in [6, 6.07) is 0.116. The van der Waals surface area contributed by atoms with Crippen molar-refractivity contribution in [1.82, 2.24) is 19.6 Å². The Labute approximate surface area is 85.8 Å². The van der Waals surface area contributed by atoms with Gasteiger partial charge in [-0.05, 0) is 13.0 Å². The molecule has 4 nitrogen and oxygen atoms in total. The van der Waals surface area contributed by atoms with E-state index in [9.17, 15) is 0 Å². The highest BCUT2D eigenvalue weighted by atomic mass is 15.3. The molecule has 0 unspecified atom stereocenters. The number of rotatable bonds is 0. The Morgan fingerprint density at radius 2 is 2.14 bits per heavy atom. The molecule has 0 aliphatic carbocycles. The first-order valence-corrected chi connectivity index (χ1v) is 4.52. The molecule has 0 aliphatic rings. The molecular weight excluding hydrogens is 176 g/mol. The summed E-state index contributed by atoms with van der Waals surface area (Å²) in [7, 11) is 0. The van der Waals surface area contributed by atoms with Crippen molar-refractivity contribution in [3.63, 3.8) is 0 Å². The van der Waals surface area contributed by atoms with Gasteiger partial charge in [0, 0.05) is 11.6 Å². The summed E-state index contributed by atoms with van der Waals surface area (Å²) in [5.41, 5.74) is 0.400. The molecule has 0 bridgehead atoms. The van der Waals surface area contributed by atoms with Crippen LogP contribution < -0.4 is 0 Å². The van der Waals surface area contributed by atoms with Crippen LogP contribution in [0.25, 0.3) is 5.78 Å². The van der Waals surface area contributed by atoms with E-state index >= 15 is 0 Å². The minimum atomic E-state index is -0.270. The van der Waals surface area contributed by atoms with E-state index in [0.29, 0.717) is 17.3 Å². The normalized spacial score (nSPS) is 14.3. The maximum atomic E-state index is 7.90. The van der Waals surface area contributed by atoms with Crippen LogP contribution in [0.5, 0.6) is 0 Å². The molecular formula is C10H14N4. The van der Waals surface area contributed by atoms with E-state index in [-0.39, 0.29) is 17.6 Å². The summed E-state index contributed by atoms with van der Waals surface area (Å²) >= 11 is 0. The quantitative estimate of drug-likeness (QED) is 0.638. The van der Waals surface area contributed by atoms with Gasteiger partial charge in [-0.1, -0.05) is 20.8 Å². The lowest BCUT2D eigenvalue weighted by Gasteiger charge is -2.18. The monoisotopic (exact) mass is 192 g/mol. The van der Waals surface area contributed by atoms with Crippen molar-refractivity contribution in [1.29, 1.82) is 0 Å². The zero-order chi connectivity index (χ0) is 12.1. The molecule has 14 heavy (non-hydrogen) atoms. The molecule has 0 fully saturated rings. The molecule has 2 rings (SSSR count). The van der Waals surface area contributed by atoms with Crippen molar-refractivity contribution in [3.8, 4) is 0 Å². The molecule has 0 saturated carbocycles. The van der Waals surface area contributed by atoms with Crippen molar-refractivity contribution in [2.75, 3.05) is 0 Å². The second-order valence-electron chi connectivity index (χ2n) is 4.32. The molecule has 2 aromatic heterocycles. The van der Waals surface area contributed by atoms with E-state index in [1.165, 1.54) is 0 Å². The fraction of sp³-hybridized carbons (Fsp3) is 0.500. The zero-order valence-corrected chi connectivity index (χ0v) is 8.79. The molecule has 2 aromatic rings. The van der Waals surface area contributed by atoms with Crippen molar-refractivity contribution >= 4 is 5.78 Å². The van der Waals surface area contributed by atoms with Crippen LogP contribution in [0.1, 0.15) is 35.0 Å². The predicted octanol–water partition coefficient (Wildman–Crippen LogP) is 1.73. The van der Waals surface area contributed by atoms with E-state index in [2.05, 4.69) is 15.1 Å². The first-order valence-electron chi connectivity index (χ1n) is 5.52. The average Bonchev–Trinajstić information content (AvgIpc) is 2.43. The fourth-order valence-electron chi connectivity index (χ4n) is 1.32. The van der Waals surface area contributed by atoms with Crippen LogP contribution in [0.3, 0.4) is 0 Å². The van der Waals surface area contributed by atoms with Crippen LogP contribution in [0.2, 0.25) is 0 Å². The van der Waals surface area contributed by atoms with Crippen LogP contribution in [0.4, 0.5) is 0 Å². The smallest absolute Gasteiger partial charge is 0.220 e. The van der Waals surface area contributed by atoms with Crippen LogP contribution in [0, 0.1) is 6.92 Å². The Balaban J connectivity index is 2.92. The van der Waals surface area contributed by atoms with Crippen LogP contribution in [-0.4, -0.2) is 19.6 Å². The zero-order valence-electron chi connectivity index (χ0n) is 10.8. The topological polar surface area (TPSA) is 43.1 Å². The summed E-state index contributed by atoms with van der Waals surface area (Å²) < 4.78 is 17.1. The van der Waals surface area contributed by atoms with Gasteiger partial charge in [0.05, 0.1) is 8.44 Å². The number of hydrogen-bond acceptors (Lipinski definition) is 3. The van der Waals surface area contributed by atoms with E-state index in [1.54, 1.807) is 11.4 Å². The molecule has 2 heterocycles. The number of aromatic nitrogens is 4. The SMILES string of the molecule is [2H]c1nc2nc(C)nn2c(C(C)(C)C)c1[2H]. The Morgan fingerprint density at radius 1 is 1.43 bits per heavy atom. The maximum absolute atomic E-state index is 7.90. The molecule has 0 atom stereocenters. The number of aryl methyl sites for hydroxylation is 1. The molecule has 0 saturated heterocycles. The molecule has 74 valence electrons. The van der Waals surface area contributed by atoms with Gasteiger partial charge in [0.25, 0.3) is 5.78 Å². The highest BCUT2D eigenvalue weighted by Crippen LogP contribution is 2.21. The molecule has 0 amide bonds. The molecule has 4 heteroatoms. The molecule has 0 spiro atoms. The third-order valence-corrected chi connectivity index (χ3v) is 1.95. The van der Waals surface area contributed by atoms with Gasteiger partial charge in [0.1, 0.15) is 5.82 Å². The highest BCUT2D eigenvalue weighted by molar-refractivity contribution is 5.30. The Morgan fingerprint density at radius 3 is 2.79 bits per heavy atom. The van der Waals surface area contributed by atoms with Crippen LogP contribution in [-0.2, 0) is 5.41 Å². The van der Waals surface area contributed by atoms with Crippen LogP contribution >= 0.6 is 0 Å². The van der Waals surface area contributed by atoms with Gasteiger partial charge < -0.3 is 0 Å². The lowest BCUT2D eigenvalue weighted by Crippen LogP contribution is -2.17. The molecule has 0 N–H and O–H groups in total. The minimum Gasteiger partial charge on any atom is -0.220 e. The van der Waals surface area contributed by atoms with Gasteiger partial charge in [-0.2, -0.15) is 10.1 Å². The second kappa shape index (κ2) is 2.77. The summed E-state index contributed by atoms with van der Waals surface area (Å²) in [5.74, 6) is 0.992. The van der Waals surface area contributed by atoms with E-state index in [1.807, 2.05) is 20.8 Å². The van der Waals surface area contributed by atoms with Gasteiger partial charge in [-0.25, -0.2) is 9.50 Å². The van der Waals surface area contributed by atoms with E-state index in [0.717, 1.165) is 0 Å². The maximum Gasteiger partial charge on any atom is 0.252 e. The summed E-state index contributed by atoms with van der Waals surface area (Å²) in [6.07, 6.45) is -0.0511. The minimum absolute atomic E-state index is 0.0511. The predicted molar refractivity (Wildman–Crippen MR) is 54.2 cm³/mol. The first kappa shape index (κ1) is 6.92. The third kappa shape index (κ3) is 1.36. The van der Waals surface area contributed by atoms with Gasteiger partial charge in [0.2, 0.25) is 0 Å². The molecule has 0 aromatic carbocycles. The highest BCUT2D eigenvalue weighted by Gasteiger charge is 2.18. The van der Waals surface area contributed by atoms with E-state index in [4.69, 9.17) is 2.74 Å².